The summed E-state index contributed by atoms with van der Waals surface area (Å²) in [6, 6.07) is 11.1. The first-order chi connectivity index (χ1) is 13.1. The molecule has 146 valence electrons. The van der Waals surface area contributed by atoms with E-state index in [-0.39, 0.29) is 5.91 Å². The highest BCUT2D eigenvalue weighted by Crippen LogP contribution is 2.27. The van der Waals surface area contributed by atoms with Gasteiger partial charge in [0.1, 0.15) is 0 Å². The Morgan fingerprint density at radius 1 is 1.00 bits per heavy atom. The summed E-state index contributed by atoms with van der Waals surface area (Å²) in [5.41, 5.74) is 8.73. The number of nitrogen functional groups attached to an aromatic ring is 1. The second kappa shape index (κ2) is 10.3. The van der Waals surface area contributed by atoms with Gasteiger partial charge in [0.15, 0.2) is 11.5 Å². The van der Waals surface area contributed by atoms with E-state index >= 15 is 0 Å². The fraction of sp³-hybridized carbons (Fsp3) is 0.350. The Kier molecular flexibility index (Phi) is 7.76. The molecule has 0 saturated heterocycles. The third-order valence-corrected chi connectivity index (χ3v) is 4.06. The van der Waals surface area contributed by atoms with Crippen molar-refractivity contribution < 1.29 is 19.0 Å². The number of methoxy groups -OCH3 is 3. The first kappa shape index (κ1) is 20.4. The molecular formula is C20H27N3O4. The number of rotatable bonds is 10. The van der Waals surface area contributed by atoms with Gasteiger partial charge in [-0.25, -0.2) is 0 Å². The van der Waals surface area contributed by atoms with Crippen LogP contribution in [-0.2, 0) is 11.2 Å². The predicted molar refractivity (Wildman–Crippen MR) is 107 cm³/mol. The van der Waals surface area contributed by atoms with Crippen LogP contribution in [0.2, 0.25) is 0 Å². The molecule has 7 heteroatoms. The number of carbonyl (C=O) groups is 1. The summed E-state index contributed by atoms with van der Waals surface area (Å²) in [5.74, 6) is 1.21. The second-order valence-corrected chi connectivity index (χ2v) is 5.92. The van der Waals surface area contributed by atoms with Crippen molar-refractivity contribution in [3.8, 4) is 11.5 Å². The van der Waals surface area contributed by atoms with Crippen molar-refractivity contribution in [1.29, 1.82) is 0 Å². The quantitative estimate of drug-likeness (QED) is 0.437. The number of carbonyl (C=O) groups excluding carboxylic acids is 1. The molecule has 0 saturated carbocycles. The van der Waals surface area contributed by atoms with E-state index < -0.39 is 0 Å². The van der Waals surface area contributed by atoms with Crippen LogP contribution in [0.5, 0.6) is 11.5 Å². The van der Waals surface area contributed by atoms with E-state index in [1.165, 1.54) is 0 Å². The number of nitrogens with two attached hydrogens (primary N) is 1. The third-order valence-electron chi connectivity index (χ3n) is 4.06. The maximum Gasteiger partial charge on any atom is 0.253 e. The Balaban J connectivity index is 2.02. The van der Waals surface area contributed by atoms with Crippen molar-refractivity contribution in [2.24, 2.45) is 0 Å². The third kappa shape index (κ3) is 5.79. The number of ether oxygens (including phenoxy) is 3. The van der Waals surface area contributed by atoms with Gasteiger partial charge in [-0.05, 0) is 42.3 Å². The minimum atomic E-state index is -0.187. The molecule has 1 amide bonds. The minimum Gasteiger partial charge on any atom is -0.493 e. The van der Waals surface area contributed by atoms with Gasteiger partial charge in [-0.3, -0.25) is 4.79 Å². The SMILES string of the molecule is COCCNC(=O)c1cc(N)ccc1NCCc1ccc(OC)c(OC)c1. The first-order valence-electron chi connectivity index (χ1n) is 8.70. The minimum absolute atomic E-state index is 0.187. The zero-order chi connectivity index (χ0) is 19.6. The van der Waals surface area contributed by atoms with E-state index in [1.807, 2.05) is 24.3 Å². The van der Waals surface area contributed by atoms with Gasteiger partial charge in [-0.2, -0.15) is 0 Å². The van der Waals surface area contributed by atoms with Gasteiger partial charge in [0.05, 0.1) is 26.4 Å². The van der Waals surface area contributed by atoms with E-state index in [2.05, 4.69) is 10.6 Å². The molecule has 0 bridgehead atoms. The molecule has 0 unspecified atom stereocenters. The summed E-state index contributed by atoms with van der Waals surface area (Å²) >= 11 is 0. The van der Waals surface area contributed by atoms with Gasteiger partial charge < -0.3 is 30.6 Å². The fourth-order valence-corrected chi connectivity index (χ4v) is 2.64. The highest BCUT2D eigenvalue weighted by molar-refractivity contribution is 6.00. The van der Waals surface area contributed by atoms with Gasteiger partial charge in [-0.15, -0.1) is 0 Å². The van der Waals surface area contributed by atoms with E-state index in [4.69, 9.17) is 19.9 Å². The van der Waals surface area contributed by atoms with Crippen molar-refractivity contribution in [2.45, 2.75) is 6.42 Å². The molecule has 27 heavy (non-hydrogen) atoms. The zero-order valence-electron chi connectivity index (χ0n) is 16.0. The van der Waals surface area contributed by atoms with Crippen LogP contribution in [-0.4, -0.2) is 46.9 Å². The molecule has 0 aliphatic heterocycles. The van der Waals surface area contributed by atoms with Crippen LogP contribution in [0.1, 0.15) is 15.9 Å². The van der Waals surface area contributed by atoms with Crippen LogP contribution in [0.25, 0.3) is 0 Å². The Morgan fingerprint density at radius 3 is 2.48 bits per heavy atom. The zero-order valence-corrected chi connectivity index (χ0v) is 16.0. The summed E-state index contributed by atoms with van der Waals surface area (Å²) in [6.45, 7) is 1.54. The van der Waals surface area contributed by atoms with Crippen LogP contribution < -0.4 is 25.8 Å². The highest BCUT2D eigenvalue weighted by atomic mass is 16.5. The summed E-state index contributed by atoms with van der Waals surface area (Å²) in [5, 5.41) is 6.12. The number of nitrogens with one attached hydrogen (secondary N) is 2. The van der Waals surface area contributed by atoms with Gasteiger partial charge in [0, 0.05) is 31.6 Å². The molecule has 0 aliphatic rings. The monoisotopic (exact) mass is 373 g/mol. The Morgan fingerprint density at radius 2 is 1.78 bits per heavy atom. The average Bonchev–Trinajstić information content (AvgIpc) is 2.69. The summed E-state index contributed by atoms with van der Waals surface area (Å²) in [6.07, 6.45) is 0.759. The largest absolute Gasteiger partial charge is 0.493 e. The molecule has 2 aromatic carbocycles. The molecule has 2 rings (SSSR count). The van der Waals surface area contributed by atoms with Crippen LogP contribution in [0.15, 0.2) is 36.4 Å². The van der Waals surface area contributed by atoms with E-state index in [0.29, 0.717) is 42.4 Å². The van der Waals surface area contributed by atoms with Crippen molar-refractivity contribution in [3.63, 3.8) is 0 Å². The lowest BCUT2D eigenvalue weighted by Crippen LogP contribution is -2.28. The summed E-state index contributed by atoms with van der Waals surface area (Å²) < 4.78 is 15.5. The first-order valence-corrected chi connectivity index (χ1v) is 8.70. The average molecular weight is 373 g/mol. The molecule has 0 aliphatic carbocycles. The fourth-order valence-electron chi connectivity index (χ4n) is 2.64. The molecule has 4 N–H and O–H groups in total. The van der Waals surface area contributed by atoms with E-state index in [0.717, 1.165) is 17.7 Å². The Labute approximate surface area is 159 Å². The molecular weight excluding hydrogens is 346 g/mol. The standard InChI is InChI=1S/C20H27N3O4/c1-25-11-10-23-20(24)16-13-15(21)5-6-17(16)22-9-8-14-4-7-18(26-2)19(12-14)27-3/h4-7,12-13,22H,8-11,21H2,1-3H3,(H,23,24). The van der Waals surface area contributed by atoms with Gasteiger partial charge in [0.2, 0.25) is 0 Å². The number of anilines is 2. The molecule has 0 spiro atoms. The number of hydrogen-bond donors (Lipinski definition) is 3. The van der Waals surface area contributed by atoms with Crippen molar-refractivity contribution in [2.75, 3.05) is 52.1 Å². The molecule has 2 aromatic rings. The Bertz CT molecular complexity index is 765. The molecule has 0 fully saturated rings. The smallest absolute Gasteiger partial charge is 0.253 e. The van der Waals surface area contributed by atoms with Crippen LogP contribution in [0.3, 0.4) is 0 Å². The van der Waals surface area contributed by atoms with E-state index in [1.54, 1.807) is 33.5 Å². The van der Waals surface area contributed by atoms with Gasteiger partial charge in [-0.1, -0.05) is 6.07 Å². The molecule has 0 radical (unpaired) electrons. The number of amides is 1. The highest BCUT2D eigenvalue weighted by Gasteiger charge is 2.12. The predicted octanol–water partition coefficient (Wildman–Crippen LogP) is 2.32. The van der Waals surface area contributed by atoms with Crippen LogP contribution in [0, 0.1) is 0 Å². The Hall–Kier alpha value is -2.93. The molecule has 7 nitrogen and oxygen atoms in total. The molecule has 0 heterocycles. The number of hydrogen-bond acceptors (Lipinski definition) is 6. The van der Waals surface area contributed by atoms with Crippen molar-refractivity contribution >= 4 is 17.3 Å². The van der Waals surface area contributed by atoms with Gasteiger partial charge >= 0.3 is 0 Å². The lowest BCUT2D eigenvalue weighted by Gasteiger charge is -2.14. The lowest BCUT2D eigenvalue weighted by atomic mass is 10.1. The lowest BCUT2D eigenvalue weighted by molar-refractivity contribution is 0.0938. The van der Waals surface area contributed by atoms with E-state index in [9.17, 15) is 4.79 Å². The van der Waals surface area contributed by atoms with Crippen molar-refractivity contribution in [1.82, 2.24) is 5.32 Å². The van der Waals surface area contributed by atoms with Crippen molar-refractivity contribution in [3.05, 3.63) is 47.5 Å². The maximum absolute atomic E-state index is 12.4. The van der Waals surface area contributed by atoms with Crippen LogP contribution >= 0.6 is 0 Å². The second-order valence-electron chi connectivity index (χ2n) is 5.92. The summed E-state index contributed by atoms with van der Waals surface area (Å²) in [4.78, 5) is 12.4. The molecule has 0 aromatic heterocycles. The topological polar surface area (TPSA) is 94.8 Å². The van der Waals surface area contributed by atoms with Gasteiger partial charge in [0.25, 0.3) is 5.91 Å². The summed E-state index contributed by atoms with van der Waals surface area (Å²) in [7, 11) is 4.82. The number of benzene rings is 2. The maximum atomic E-state index is 12.4. The molecule has 0 atom stereocenters. The van der Waals surface area contributed by atoms with Crippen LogP contribution in [0.4, 0.5) is 11.4 Å². The normalized spacial score (nSPS) is 10.3.